The molecule has 9 heteroatoms. The number of ketones is 1. The maximum absolute atomic E-state index is 12.6. The summed E-state index contributed by atoms with van der Waals surface area (Å²) >= 11 is 0. The minimum absolute atomic E-state index is 0.0346. The summed E-state index contributed by atoms with van der Waals surface area (Å²) in [7, 11) is 0. The van der Waals surface area contributed by atoms with E-state index in [1.54, 1.807) is 26.8 Å². The summed E-state index contributed by atoms with van der Waals surface area (Å²) in [6, 6.07) is 3.08. The van der Waals surface area contributed by atoms with E-state index < -0.39 is 29.7 Å². The molecule has 0 unspecified atom stereocenters. The maximum Gasteiger partial charge on any atom is 0.340 e. The SMILES string of the molecule is CCOC(=O)c1c(C)[nH]c(C(=O)[C@H](C)OC(=O)CCNC(=O)c2ccco2)c1C. The molecule has 29 heavy (non-hydrogen) atoms. The molecule has 0 radical (unpaired) electrons. The highest BCUT2D eigenvalue weighted by atomic mass is 16.5. The number of aromatic nitrogens is 1. The third kappa shape index (κ3) is 5.34. The lowest BCUT2D eigenvalue weighted by atomic mass is 10.1. The fourth-order valence-corrected chi connectivity index (χ4v) is 2.79. The molecule has 9 nitrogen and oxygen atoms in total. The number of nitrogens with one attached hydrogen (secondary N) is 2. The predicted molar refractivity (Wildman–Crippen MR) is 102 cm³/mol. The van der Waals surface area contributed by atoms with Gasteiger partial charge < -0.3 is 24.2 Å². The third-order valence-corrected chi connectivity index (χ3v) is 4.20. The second-order valence-electron chi connectivity index (χ2n) is 6.33. The van der Waals surface area contributed by atoms with Crippen molar-refractivity contribution in [3.63, 3.8) is 0 Å². The van der Waals surface area contributed by atoms with Crippen LogP contribution >= 0.6 is 0 Å². The summed E-state index contributed by atoms with van der Waals surface area (Å²) < 4.78 is 15.1. The van der Waals surface area contributed by atoms with Gasteiger partial charge in [-0.1, -0.05) is 0 Å². The van der Waals surface area contributed by atoms with E-state index in [1.165, 1.54) is 19.3 Å². The molecule has 156 valence electrons. The molecule has 2 aromatic heterocycles. The monoisotopic (exact) mass is 404 g/mol. The minimum Gasteiger partial charge on any atom is -0.462 e. The van der Waals surface area contributed by atoms with Crippen LogP contribution in [-0.4, -0.2) is 47.9 Å². The van der Waals surface area contributed by atoms with Crippen molar-refractivity contribution in [1.29, 1.82) is 0 Å². The summed E-state index contributed by atoms with van der Waals surface area (Å²) in [6.45, 7) is 6.68. The zero-order valence-corrected chi connectivity index (χ0v) is 16.8. The number of aryl methyl sites for hydroxylation is 1. The highest BCUT2D eigenvalue weighted by Crippen LogP contribution is 2.21. The molecule has 0 saturated carbocycles. The van der Waals surface area contributed by atoms with Gasteiger partial charge in [-0.15, -0.1) is 0 Å². The van der Waals surface area contributed by atoms with Crippen LogP contribution in [0.5, 0.6) is 0 Å². The zero-order chi connectivity index (χ0) is 21.6. The Labute approximate surface area is 167 Å². The number of hydrogen-bond acceptors (Lipinski definition) is 7. The van der Waals surface area contributed by atoms with Crippen LogP contribution in [0.4, 0.5) is 0 Å². The average molecular weight is 404 g/mol. The van der Waals surface area contributed by atoms with Crippen molar-refractivity contribution >= 4 is 23.6 Å². The molecule has 0 aliphatic carbocycles. The first-order chi connectivity index (χ1) is 13.8. The van der Waals surface area contributed by atoms with Gasteiger partial charge in [0.05, 0.1) is 30.5 Å². The lowest BCUT2D eigenvalue weighted by Crippen LogP contribution is -2.29. The highest BCUT2D eigenvalue weighted by molar-refractivity contribution is 6.04. The Morgan fingerprint density at radius 3 is 2.59 bits per heavy atom. The Hall–Kier alpha value is -3.36. The molecule has 1 atom stereocenters. The molecular formula is C20H24N2O7. The van der Waals surface area contributed by atoms with Gasteiger partial charge in [0.25, 0.3) is 5.91 Å². The second-order valence-corrected chi connectivity index (χ2v) is 6.33. The Morgan fingerprint density at radius 2 is 1.97 bits per heavy atom. The van der Waals surface area contributed by atoms with Gasteiger partial charge >= 0.3 is 11.9 Å². The number of H-pyrrole nitrogens is 1. The first-order valence-corrected chi connectivity index (χ1v) is 9.17. The van der Waals surface area contributed by atoms with Crippen LogP contribution in [0.15, 0.2) is 22.8 Å². The molecule has 2 heterocycles. The second kappa shape index (κ2) is 9.72. The van der Waals surface area contributed by atoms with E-state index in [4.69, 9.17) is 13.9 Å². The summed E-state index contributed by atoms with van der Waals surface area (Å²) in [6.07, 6.45) is 0.199. The van der Waals surface area contributed by atoms with Crippen LogP contribution < -0.4 is 5.32 Å². The fourth-order valence-electron chi connectivity index (χ4n) is 2.79. The number of Topliss-reactive ketones (excluding diaryl/α,β-unsaturated/α-hetero) is 1. The fraction of sp³-hybridized carbons (Fsp3) is 0.400. The molecule has 1 amide bonds. The molecule has 0 fully saturated rings. The van der Waals surface area contributed by atoms with Crippen molar-refractivity contribution in [2.75, 3.05) is 13.2 Å². The molecule has 2 aromatic rings. The molecule has 0 bridgehead atoms. The number of esters is 2. The van der Waals surface area contributed by atoms with Crippen LogP contribution in [0.3, 0.4) is 0 Å². The van der Waals surface area contributed by atoms with Crippen molar-refractivity contribution in [2.45, 2.75) is 40.2 Å². The number of furan rings is 1. The number of carbonyl (C=O) groups excluding carboxylic acids is 4. The van der Waals surface area contributed by atoms with Crippen molar-refractivity contribution in [3.05, 3.63) is 46.7 Å². The minimum atomic E-state index is -1.06. The number of hydrogen-bond donors (Lipinski definition) is 2. The average Bonchev–Trinajstić information content (AvgIpc) is 3.29. The Bertz CT molecular complexity index is 896. The number of carbonyl (C=O) groups is 4. The van der Waals surface area contributed by atoms with E-state index >= 15 is 0 Å². The van der Waals surface area contributed by atoms with Crippen molar-refractivity contribution in [1.82, 2.24) is 10.3 Å². The summed E-state index contributed by atoms with van der Waals surface area (Å²) in [5, 5.41) is 2.52. The van der Waals surface area contributed by atoms with Crippen LogP contribution in [0.1, 0.15) is 62.9 Å². The van der Waals surface area contributed by atoms with Gasteiger partial charge in [0.15, 0.2) is 11.9 Å². The third-order valence-electron chi connectivity index (χ3n) is 4.20. The molecule has 0 aromatic carbocycles. The van der Waals surface area contributed by atoms with Gasteiger partial charge in [-0.2, -0.15) is 0 Å². The van der Waals surface area contributed by atoms with E-state index in [9.17, 15) is 19.2 Å². The molecule has 2 rings (SSSR count). The number of ether oxygens (including phenoxy) is 2. The molecule has 2 N–H and O–H groups in total. The van der Waals surface area contributed by atoms with Crippen molar-refractivity contribution in [3.8, 4) is 0 Å². The van der Waals surface area contributed by atoms with E-state index in [2.05, 4.69) is 10.3 Å². The molecule has 0 aliphatic rings. The quantitative estimate of drug-likeness (QED) is 0.485. The topological polar surface area (TPSA) is 128 Å². The number of aromatic amines is 1. The Kier molecular flexibility index (Phi) is 7.35. The lowest BCUT2D eigenvalue weighted by molar-refractivity contribution is -0.146. The first kappa shape index (κ1) is 21.9. The van der Waals surface area contributed by atoms with Gasteiger partial charge in [-0.3, -0.25) is 14.4 Å². The Morgan fingerprint density at radius 1 is 1.24 bits per heavy atom. The normalized spacial score (nSPS) is 11.6. The highest BCUT2D eigenvalue weighted by Gasteiger charge is 2.27. The number of amides is 1. The van der Waals surface area contributed by atoms with Crippen LogP contribution in [0.25, 0.3) is 0 Å². The van der Waals surface area contributed by atoms with E-state index in [-0.39, 0.29) is 31.0 Å². The van der Waals surface area contributed by atoms with Crippen molar-refractivity contribution in [2.24, 2.45) is 0 Å². The summed E-state index contributed by atoms with van der Waals surface area (Å²) in [5.41, 5.74) is 1.44. The van der Waals surface area contributed by atoms with Gasteiger partial charge in [-0.05, 0) is 45.4 Å². The van der Waals surface area contributed by atoms with E-state index in [0.29, 0.717) is 16.8 Å². The summed E-state index contributed by atoms with van der Waals surface area (Å²) in [4.78, 5) is 51.3. The van der Waals surface area contributed by atoms with Gasteiger partial charge in [0, 0.05) is 12.2 Å². The van der Waals surface area contributed by atoms with Crippen LogP contribution in [0.2, 0.25) is 0 Å². The smallest absolute Gasteiger partial charge is 0.340 e. The molecule has 0 aliphatic heterocycles. The van der Waals surface area contributed by atoms with Gasteiger partial charge in [-0.25, -0.2) is 4.79 Å². The first-order valence-electron chi connectivity index (χ1n) is 9.17. The summed E-state index contributed by atoms with van der Waals surface area (Å²) in [5.74, 6) is -1.94. The van der Waals surface area contributed by atoms with E-state index in [1.807, 2.05) is 0 Å². The lowest BCUT2D eigenvalue weighted by Gasteiger charge is -2.12. The molecule has 0 saturated heterocycles. The van der Waals surface area contributed by atoms with E-state index in [0.717, 1.165) is 0 Å². The van der Waals surface area contributed by atoms with Crippen LogP contribution in [-0.2, 0) is 14.3 Å². The van der Waals surface area contributed by atoms with Crippen molar-refractivity contribution < 1.29 is 33.1 Å². The van der Waals surface area contributed by atoms with Crippen LogP contribution in [0, 0.1) is 13.8 Å². The predicted octanol–water partition coefficient (Wildman–Crippen LogP) is 2.34. The standard InChI is InChI=1S/C20H24N2O7/c1-5-27-20(26)16-11(2)17(22-12(16)3)18(24)13(4)29-15(23)8-9-21-19(25)14-7-6-10-28-14/h6-7,10,13,22H,5,8-9H2,1-4H3,(H,21,25)/t13-/m0/s1. The Balaban J connectivity index is 1.91. The molecule has 0 spiro atoms. The van der Waals surface area contributed by atoms with Gasteiger partial charge in [0.1, 0.15) is 0 Å². The zero-order valence-electron chi connectivity index (χ0n) is 16.8. The number of rotatable bonds is 9. The largest absolute Gasteiger partial charge is 0.462 e. The van der Waals surface area contributed by atoms with Gasteiger partial charge in [0.2, 0.25) is 5.78 Å². The maximum atomic E-state index is 12.6. The molecular weight excluding hydrogens is 380 g/mol.